The van der Waals surface area contributed by atoms with Crippen LogP contribution in [0.5, 0.6) is 0 Å². The Labute approximate surface area is 101 Å². The molecule has 0 aliphatic carbocycles. The molecule has 2 aromatic heterocycles. The Balaban J connectivity index is 1.81. The number of anilines is 1. The summed E-state index contributed by atoms with van der Waals surface area (Å²) in [5.41, 5.74) is 1.43. The number of fused-ring (bicyclic) bond motifs is 1. The molecule has 1 aromatic carbocycles. The predicted octanol–water partition coefficient (Wildman–Crippen LogP) is 2.77. The molecule has 0 saturated heterocycles. The number of nitrogens with zero attached hydrogens (tertiary/aromatic N) is 2. The summed E-state index contributed by atoms with van der Waals surface area (Å²) in [6, 6.07) is 4.47. The molecule has 3 rings (SSSR count). The highest BCUT2D eigenvalue weighted by molar-refractivity contribution is 7.09. The maximum absolute atomic E-state index is 13.0. The van der Waals surface area contributed by atoms with Crippen LogP contribution >= 0.6 is 11.3 Å². The van der Waals surface area contributed by atoms with Crippen LogP contribution in [0.15, 0.2) is 29.8 Å². The number of nitrogens with one attached hydrogen (secondary N) is 2. The van der Waals surface area contributed by atoms with E-state index in [-0.39, 0.29) is 5.82 Å². The number of hydrogen-bond acceptors (Lipinski definition) is 4. The first-order chi connectivity index (χ1) is 8.31. The van der Waals surface area contributed by atoms with Crippen molar-refractivity contribution in [3.8, 4) is 0 Å². The molecule has 0 aliphatic heterocycles. The molecule has 86 valence electrons. The molecule has 0 aliphatic rings. The van der Waals surface area contributed by atoms with Crippen LogP contribution < -0.4 is 5.32 Å². The number of thiazole rings is 1. The van der Waals surface area contributed by atoms with Crippen LogP contribution in [0.1, 0.15) is 5.01 Å². The summed E-state index contributed by atoms with van der Waals surface area (Å²) < 4.78 is 13.0. The largest absolute Gasteiger partial charge is 0.349 e. The third-order valence-electron chi connectivity index (χ3n) is 2.33. The number of imidazole rings is 1. The number of hydrogen-bond donors (Lipinski definition) is 2. The van der Waals surface area contributed by atoms with E-state index >= 15 is 0 Å². The minimum Gasteiger partial charge on any atom is -0.349 e. The average Bonchev–Trinajstić information content (AvgIpc) is 2.94. The van der Waals surface area contributed by atoms with Crippen molar-refractivity contribution in [2.75, 3.05) is 5.32 Å². The molecule has 0 fully saturated rings. The van der Waals surface area contributed by atoms with Crippen LogP contribution in [0.4, 0.5) is 10.3 Å². The summed E-state index contributed by atoms with van der Waals surface area (Å²) in [4.78, 5) is 11.5. The molecule has 17 heavy (non-hydrogen) atoms. The summed E-state index contributed by atoms with van der Waals surface area (Å²) in [7, 11) is 0. The van der Waals surface area contributed by atoms with Gasteiger partial charge in [0.15, 0.2) is 0 Å². The first-order valence-electron chi connectivity index (χ1n) is 5.09. The molecular weight excluding hydrogens is 239 g/mol. The molecule has 0 spiro atoms. The van der Waals surface area contributed by atoms with Gasteiger partial charge in [0.05, 0.1) is 17.6 Å². The highest BCUT2D eigenvalue weighted by atomic mass is 32.1. The summed E-state index contributed by atoms with van der Waals surface area (Å²) in [5, 5.41) is 6.02. The Morgan fingerprint density at radius 2 is 2.35 bits per heavy atom. The lowest BCUT2D eigenvalue weighted by molar-refractivity contribution is 0.629. The third-order valence-corrected chi connectivity index (χ3v) is 3.11. The topological polar surface area (TPSA) is 53.6 Å². The molecule has 2 N–H and O–H groups in total. The fourth-order valence-electron chi connectivity index (χ4n) is 1.57. The molecular formula is C11H9FN4S. The zero-order valence-corrected chi connectivity index (χ0v) is 9.59. The number of benzene rings is 1. The van der Waals surface area contributed by atoms with E-state index < -0.39 is 0 Å². The van der Waals surface area contributed by atoms with E-state index in [1.165, 1.54) is 12.1 Å². The van der Waals surface area contributed by atoms with Gasteiger partial charge in [-0.1, -0.05) is 0 Å². The van der Waals surface area contributed by atoms with Crippen molar-refractivity contribution >= 4 is 28.3 Å². The number of aromatic amines is 1. The van der Waals surface area contributed by atoms with E-state index in [0.29, 0.717) is 18.0 Å². The number of halogens is 1. The molecule has 0 radical (unpaired) electrons. The predicted molar refractivity (Wildman–Crippen MR) is 65.5 cm³/mol. The second-order valence-electron chi connectivity index (χ2n) is 3.53. The number of H-pyrrole nitrogens is 1. The highest BCUT2D eigenvalue weighted by Crippen LogP contribution is 2.16. The number of aromatic nitrogens is 3. The van der Waals surface area contributed by atoms with Gasteiger partial charge in [0.1, 0.15) is 10.8 Å². The van der Waals surface area contributed by atoms with E-state index in [9.17, 15) is 4.39 Å². The molecule has 0 bridgehead atoms. The van der Waals surface area contributed by atoms with Crippen LogP contribution in [0.3, 0.4) is 0 Å². The van der Waals surface area contributed by atoms with Crippen LogP contribution in [-0.4, -0.2) is 15.0 Å². The minimum atomic E-state index is -0.271. The van der Waals surface area contributed by atoms with Crippen molar-refractivity contribution in [2.24, 2.45) is 0 Å². The molecule has 0 atom stereocenters. The standard InChI is InChI=1S/C11H9FN4S/c12-7-1-2-8-9(5-7)16-11(15-8)14-6-10-13-3-4-17-10/h1-5H,6H2,(H2,14,15,16). The normalized spacial score (nSPS) is 10.9. The smallest absolute Gasteiger partial charge is 0.201 e. The maximum Gasteiger partial charge on any atom is 0.201 e. The zero-order chi connectivity index (χ0) is 11.7. The SMILES string of the molecule is Fc1ccc2nc(NCc3nccs3)[nH]c2c1. The molecule has 0 unspecified atom stereocenters. The van der Waals surface area contributed by atoms with E-state index in [1.54, 1.807) is 23.6 Å². The van der Waals surface area contributed by atoms with Crippen molar-refractivity contribution < 1.29 is 4.39 Å². The van der Waals surface area contributed by atoms with Gasteiger partial charge < -0.3 is 10.3 Å². The lowest BCUT2D eigenvalue weighted by atomic mass is 10.3. The lowest BCUT2D eigenvalue weighted by Crippen LogP contribution is -1.99. The summed E-state index contributed by atoms with van der Waals surface area (Å²) in [6.45, 7) is 0.611. The fraction of sp³-hybridized carbons (Fsp3) is 0.0909. The second kappa shape index (κ2) is 4.14. The molecule has 3 aromatic rings. The lowest BCUT2D eigenvalue weighted by Gasteiger charge is -1.97. The average molecular weight is 248 g/mol. The highest BCUT2D eigenvalue weighted by Gasteiger charge is 2.03. The number of rotatable bonds is 3. The molecule has 0 amide bonds. The van der Waals surface area contributed by atoms with Gasteiger partial charge in [0.25, 0.3) is 0 Å². The van der Waals surface area contributed by atoms with Gasteiger partial charge in [-0.25, -0.2) is 14.4 Å². The monoisotopic (exact) mass is 248 g/mol. The Morgan fingerprint density at radius 3 is 3.18 bits per heavy atom. The van der Waals surface area contributed by atoms with Gasteiger partial charge >= 0.3 is 0 Å². The van der Waals surface area contributed by atoms with Crippen LogP contribution in [-0.2, 0) is 6.54 Å². The fourth-order valence-corrected chi connectivity index (χ4v) is 2.12. The van der Waals surface area contributed by atoms with Crippen molar-refractivity contribution in [3.05, 3.63) is 40.6 Å². The van der Waals surface area contributed by atoms with Gasteiger partial charge in [-0.15, -0.1) is 11.3 Å². The second-order valence-corrected chi connectivity index (χ2v) is 4.51. The molecule has 6 heteroatoms. The quantitative estimate of drug-likeness (QED) is 0.749. The maximum atomic E-state index is 13.0. The van der Waals surface area contributed by atoms with E-state index in [4.69, 9.17) is 0 Å². The Bertz CT molecular complexity index is 632. The summed E-state index contributed by atoms with van der Waals surface area (Å²) in [6.07, 6.45) is 1.76. The molecule has 2 heterocycles. The van der Waals surface area contributed by atoms with Gasteiger partial charge in [-0.05, 0) is 18.2 Å². The summed E-state index contributed by atoms with van der Waals surface area (Å²) in [5.74, 6) is 0.355. The Kier molecular flexibility index (Phi) is 2.49. The van der Waals surface area contributed by atoms with Crippen LogP contribution in [0, 0.1) is 5.82 Å². The summed E-state index contributed by atoms with van der Waals surface area (Å²) >= 11 is 1.58. The van der Waals surface area contributed by atoms with Crippen molar-refractivity contribution in [1.82, 2.24) is 15.0 Å². The van der Waals surface area contributed by atoms with E-state index in [2.05, 4.69) is 20.3 Å². The Hall–Kier alpha value is -1.95. The third kappa shape index (κ3) is 2.12. The Morgan fingerprint density at radius 1 is 1.41 bits per heavy atom. The first-order valence-corrected chi connectivity index (χ1v) is 5.97. The van der Waals surface area contributed by atoms with Gasteiger partial charge in [-0.2, -0.15) is 0 Å². The van der Waals surface area contributed by atoms with Crippen LogP contribution in [0.2, 0.25) is 0 Å². The van der Waals surface area contributed by atoms with Gasteiger partial charge in [0, 0.05) is 11.6 Å². The van der Waals surface area contributed by atoms with Crippen LogP contribution in [0.25, 0.3) is 11.0 Å². The van der Waals surface area contributed by atoms with Crippen molar-refractivity contribution in [2.45, 2.75) is 6.54 Å². The van der Waals surface area contributed by atoms with Crippen molar-refractivity contribution in [1.29, 1.82) is 0 Å². The van der Waals surface area contributed by atoms with Gasteiger partial charge in [0.2, 0.25) is 5.95 Å². The first kappa shape index (κ1) is 10.2. The minimum absolute atomic E-state index is 0.271. The zero-order valence-electron chi connectivity index (χ0n) is 8.77. The molecule has 4 nitrogen and oxygen atoms in total. The van der Waals surface area contributed by atoms with E-state index in [1.807, 2.05) is 5.38 Å². The van der Waals surface area contributed by atoms with Crippen molar-refractivity contribution in [3.63, 3.8) is 0 Å². The van der Waals surface area contributed by atoms with Gasteiger partial charge in [-0.3, -0.25) is 0 Å². The molecule has 0 saturated carbocycles. The van der Waals surface area contributed by atoms with E-state index in [0.717, 1.165) is 10.5 Å².